The Kier molecular flexibility index (Phi) is 5.50. The first-order chi connectivity index (χ1) is 11.2. The van der Waals surface area contributed by atoms with Gasteiger partial charge in [-0.1, -0.05) is 32.4 Å². The average Bonchev–Trinajstić information content (AvgIpc) is 2.52. The van der Waals surface area contributed by atoms with E-state index >= 15 is 0 Å². The van der Waals surface area contributed by atoms with Crippen molar-refractivity contribution in [2.45, 2.75) is 33.4 Å². The largest absolute Gasteiger partial charge is 0.494 e. The minimum absolute atomic E-state index is 0.162. The van der Waals surface area contributed by atoms with E-state index in [4.69, 9.17) is 16.3 Å². The first-order valence-electron chi connectivity index (χ1n) is 7.90. The Bertz CT molecular complexity index is 615. The first-order valence-corrected chi connectivity index (χ1v) is 8.28. The standard InChI is InChI=1S/C17H25ClN2O4/c1-17(2,3)14-9-19(5-6-20(14)16(22)23)13-8-12(18)7-11(10-21)15(13)24-4/h7-8,14,21H,5-6,9-10H2,1-4H3,(H,22,23). The van der Waals surface area contributed by atoms with Crippen LogP contribution in [-0.2, 0) is 6.61 Å². The molecule has 134 valence electrons. The predicted molar refractivity (Wildman–Crippen MR) is 94.1 cm³/mol. The van der Waals surface area contributed by atoms with Crippen LogP contribution in [0.4, 0.5) is 10.5 Å². The van der Waals surface area contributed by atoms with Crippen LogP contribution in [0, 0.1) is 5.41 Å². The summed E-state index contributed by atoms with van der Waals surface area (Å²) in [6.07, 6.45) is -0.899. The van der Waals surface area contributed by atoms with Crippen molar-refractivity contribution >= 4 is 23.4 Å². The molecule has 1 aliphatic rings. The van der Waals surface area contributed by atoms with Gasteiger partial charge in [-0.2, -0.15) is 0 Å². The van der Waals surface area contributed by atoms with Crippen LogP contribution in [0.2, 0.25) is 5.02 Å². The molecule has 1 unspecified atom stereocenters. The molecule has 1 aromatic rings. The molecule has 24 heavy (non-hydrogen) atoms. The van der Waals surface area contributed by atoms with Crippen molar-refractivity contribution in [3.8, 4) is 5.75 Å². The van der Waals surface area contributed by atoms with E-state index in [0.29, 0.717) is 36.0 Å². The van der Waals surface area contributed by atoms with Gasteiger partial charge in [0.15, 0.2) is 0 Å². The summed E-state index contributed by atoms with van der Waals surface area (Å²) in [5.74, 6) is 0.582. The number of hydrogen-bond acceptors (Lipinski definition) is 4. The Morgan fingerprint density at radius 3 is 2.54 bits per heavy atom. The third kappa shape index (κ3) is 3.70. The summed E-state index contributed by atoms with van der Waals surface area (Å²) in [5.41, 5.74) is 1.20. The number of ether oxygens (including phenoxy) is 1. The molecule has 0 aromatic heterocycles. The third-order valence-corrected chi connectivity index (χ3v) is 4.67. The highest BCUT2D eigenvalue weighted by molar-refractivity contribution is 6.31. The zero-order valence-corrected chi connectivity index (χ0v) is 15.3. The van der Waals surface area contributed by atoms with E-state index in [1.165, 1.54) is 4.90 Å². The second-order valence-corrected chi connectivity index (χ2v) is 7.52. The van der Waals surface area contributed by atoms with Crippen molar-refractivity contribution in [1.29, 1.82) is 0 Å². The quantitative estimate of drug-likeness (QED) is 0.870. The van der Waals surface area contributed by atoms with Gasteiger partial charge < -0.3 is 24.7 Å². The smallest absolute Gasteiger partial charge is 0.407 e. The van der Waals surface area contributed by atoms with Gasteiger partial charge in [0.05, 0.1) is 25.4 Å². The Morgan fingerprint density at radius 2 is 2.04 bits per heavy atom. The van der Waals surface area contributed by atoms with Crippen molar-refractivity contribution < 1.29 is 19.7 Å². The maximum atomic E-state index is 11.6. The maximum Gasteiger partial charge on any atom is 0.407 e. The van der Waals surface area contributed by atoms with E-state index in [0.717, 1.165) is 5.69 Å². The predicted octanol–water partition coefficient (Wildman–Crippen LogP) is 3.06. The topological polar surface area (TPSA) is 73.2 Å². The van der Waals surface area contributed by atoms with Crippen LogP contribution in [0.15, 0.2) is 12.1 Å². The van der Waals surface area contributed by atoms with Gasteiger partial charge in [-0.05, 0) is 17.5 Å². The average molecular weight is 357 g/mol. The van der Waals surface area contributed by atoms with E-state index in [1.807, 2.05) is 20.8 Å². The van der Waals surface area contributed by atoms with Crippen molar-refractivity contribution in [3.63, 3.8) is 0 Å². The summed E-state index contributed by atoms with van der Waals surface area (Å²) in [5, 5.41) is 19.6. The molecule has 6 nitrogen and oxygen atoms in total. The fourth-order valence-electron chi connectivity index (χ4n) is 3.19. The molecule has 1 heterocycles. The lowest BCUT2D eigenvalue weighted by Crippen LogP contribution is -2.59. The molecule has 2 N–H and O–H groups in total. The summed E-state index contributed by atoms with van der Waals surface area (Å²) < 4.78 is 5.48. The summed E-state index contributed by atoms with van der Waals surface area (Å²) >= 11 is 6.18. The monoisotopic (exact) mass is 356 g/mol. The molecule has 0 saturated carbocycles. The fraction of sp³-hybridized carbons (Fsp3) is 0.588. The highest BCUT2D eigenvalue weighted by Gasteiger charge is 2.38. The number of anilines is 1. The second-order valence-electron chi connectivity index (χ2n) is 7.08. The van der Waals surface area contributed by atoms with E-state index in [1.54, 1.807) is 19.2 Å². The lowest BCUT2D eigenvalue weighted by atomic mass is 9.84. The van der Waals surface area contributed by atoms with Crippen molar-refractivity contribution in [1.82, 2.24) is 4.90 Å². The molecule has 2 rings (SSSR count). The summed E-state index contributed by atoms with van der Waals surface area (Å²) in [6, 6.07) is 3.32. The Hall–Kier alpha value is -1.66. The molecule has 7 heteroatoms. The molecule has 0 spiro atoms. The molecule has 1 aliphatic heterocycles. The summed E-state index contributed by atoms with van der Waals surface area (Å²) in [4.78, 5) is 15.1. The lowest BCUT2D eigenvalue weighted by Gasteiger charge is -2.47. The number of methoxy groups -OCH3 is 1. The molecule has 1 fully saturated rings. The zero-order chi connectivity index (χ0) is 18.1. The van der Waals surface area contributed by atoms with Gasteiger partial charge in [0, 0.05) is 30.2 Å². The Labute approximate surface area is 147 Å². The summed E-state index contributed by atoms with van der Waals surface area (Å²) in [7, 11) is 1.56. The number of amides is 1. The van der Waals surface area contributed by atoms with E-state index in [-0.39, 0.29) is 18.1 Å². The van der Waals surface area contributed by atoms with Crippen molar-refractivity contribution in [3.05, 3.63) is 22.7 Å². The van der Waals surface area contributed by atoms with Crippen molar-refractivity contribution in [2.75, 3.05) is 31.6 Å². The fourth-order valence-corrected chi connectivity index (χ4v) is 3.43. The van der Waals surface area contributed by atoms with Gasteiger partial charge in [0.2, 0.25) is 0 Å². The number of piperazine rings is 1. The molecule has 0 radical (unpaired) electrons. The van der Waals surface area contributed by atoms with Crippen LogP contribution >= 0.6 is 11.6 Å². The molecule has 0 aliphatic carbocycles. The van der Waals surface area contributed by atoms with E-state index < -0.39 is 6.09 Å². The second kappa shape index (κ2) is 7.07. The lowest BCUT2D eigenvalue weighted by molar-refractivity contribution is 0.0747. The number of carboxylic acid groups (broad SMARTS) is 1. The normalized spacial score (nSPS) is 18.7. The van der Waals surface area contributed by atoms with Crippen LogP contribution < -0.4 is 9.64 Å². The van der Waals surface area contributed by atoms with E-state index in [9.17, 15) is 15.0 Å². The maximum absolute atomic E-state index is 11.6. The zero-order valence-electron chi connectivity index (χ0n) is 14.5. The van der Waals surface area contributed by atoms with E-state index in [2.05, 4.69) is 4.90 Å². The van der Waals surface area contributed by atoms with Crippen LogP contribution in [0.25, 0.3) is 0 Å². The van der Waals surface area contributed by atoms with Gasteiger partial charge in [-0.3, -0.25) is 0 Å². The number of halogens is 1. The number of carbonyl (C=O) groups is 1. The molecule has 1 saturated heterocycles. The highest BCUT2D eigenvalue weighted by Crippen LogP contribution is 2.38. The van der Waals surface area contributed by atoms with Gasteiger partial charge in [0.25, 0.3) is 0 Å². The number of hydrogen-bond donors (Lipinski definition) is 2. The molecular weight excluding hydrogens is 332 g/mol. The number of aliphatic hydroxyl groups is 1. The van der Waals surface area contributed by atoms with Crippen LogP contribution in [0.1, 0.15) is 26.3 Å². The number of rotatable bonds is 3. The van der Waals surface area contributed by atoms with Gasteiger partial charge in [-0.25, -0.2) is 4.79 Å². The van der Waals surface area contributed by atoms with Crippen molar-refractivity contribution in [2.24, 2.45) is 5.41 Å². The molecule has 1 atom stereocenters. The third-order valence-electron chi connectivity index (χ3n) is 4.45. The van der Waals surface area contributed by atoms with Gasteiger partial charge in [0.1, 0.15) is 5.75 Å². The number of nitrogens with zero attached hydrogens (tertiary/aromatic N) is 2. The van der Waals surface area contributed by atoms with Crippen LogP contribution in [0.5, 0.6) is 5.75 Å². The molecular formula is C17H25ClN2O4. The minimum Gasteiger partial charge on any atom is -0.494 e. The summed E-state index contributed by atoms with van der Waals surface area (Å²) in [6.45, 7) is 7.41. The number of benzene rings is 1. The highest BCUT2D eigenvalue weighted by atomic mass is 35.5. The van der Waals surface area contributed by atoms with Crippen LogP contribution in [-0.4, -0.2) is 54.0 Å². The Morgan fingerprint density at radius 1 is 1.38 bits per heavy atom. The van der Waals surface area contributed by atoms with Crippen LogP contribution in [0.3, 0.4) is 0 Å². The first kappa shape index (κ1) is 18.7. The SMILES string of the molecule is COc1c(CO)cc(Cl)cc1N1CCN(C(=O)O)C(C(C)(C)C)C1. The molecule has 0 bridgehead atoms. The minimum atomic E-state index is -0.899. The Balaban J connectivity index is 2.40. The van der Waals surface area contributed by atoms with Gasteiger partial charge in [-0.15, -0.1) is 0 Å². The molecule has 1 amide bonds. The number of aliphatic hydroxyl groups excluding tert-OH is 1. The molecule has 1 aromatic carbocycles. The van der Waals surface area contributed by atoms with Gasteiger partial charge >= 0.3 is 6.09 Å².